The maximum Gasteiger partial charge on any atom is 0.171 e. The molecule has 6 heteroatoms. The Labute approximate surface area is 179 Å². The number of rotatable bonds is 2. The average Bonchev–Trinajstić information content (AvgIpc) is 2.62. The van der Waals surface area contributed by atoms with Crippen LogP contribution in [0.4, 0.5) is 0 Å². The highest BCUT2D eigenvalue weighted by atomic mass is 79.9. The molecule has 0 saturated heterocycles. The molecule has 2 aliphatic rings. The molecule has 2 N–H and O–H groups in total. The first-order valence-corrected chi connectivity index (χ1v) is 11.4. The van der Waals surface area contributed by atoms with E-state index in [1.165, 1.54) is 28.0 Å². The third-order valence-corrected chi connectivity index (χ3v) is 6.63. The van der Waals surface area contributed by atoms with Crippen LogP contribution in [0.2, 0.25) is 0 Å². The van der Waals surface area contributed by atoms with Crippen molar-refractivity contribution >= 4 is 67.0 Å². The lowest BCUT2D eigenvalue weighted by atomic mass is 9.93. The molecule has 0 bridgehead atoms. The molecule has 26 heavy (non-hydrogen) atoms. The van der Waals surface area contributed by atoms with E-state index in [4.69, 9.17) is 12.2 Å². The molecule has 2 heterocycles. The monoisotopic (exact) mass is 506 g/mol. The van der Waals surface area contributed by atoms with Crippen LogP contribution in [-0.4, -0.2) is 16.6 Å². The van der Waals surface area contributed by atoms with E-state index in [-0.39, 0.29) is 6.04 Å². The van der Waals surface area contributed by atoms with Gasteiger partial charge in [-0.25, -0.2) is 0 Å². The van der Waals surface area contributed by atoms with E-state index in [2.05, 4.69) is 85.0 Å². The Morgan fingerprint density at radius 3 is 2.58 bits per heavy atom. The number of thiocarbonyl (C=S) groups is 1. The average molecular weight is 508 g/mol. The summed E-state index contributed by atoms with van der Waals surface area (Å²) in [6, 6.07) is 16.9. The van der Waals surface area contributed by atoms with Crippen molar-refractivity contribution in [3.63, 3.8) is 0 Å². The number of halogens is 2. The van der Waals surface area contributed by atoms with Crippen LogP contribution in [0.25, 0.3) is 6.08 Å². The van der Waals surface area contributed by atoms with Crippen molar-refractivity contribution in [2.75, 3.05) is 11.5 Å². The zero-order valence-corrected chi connectivity index (χ0v) is 18.6. The van der Waals surface area contributed by atoms with Crippen molar-refractivity contribution in [1.29, 1.82) is 0 Å². The van der Waals surface area contributed by atoms with Crippen molar-refractivity contribution < 1.29 is 0 Å². The Kier molecular flexibility index (Phi) is 5.55. The molecule has 0 saturated carbocycles. The smallest absolute Gasteiger partial charge is 0.171 e. The van der Waals surface area contributed by atoms with E-state index < -0.39 is 0 Å². The minimum Gasteiger partial charge on any atom is -0.352 e. The maximum atomic E-state index is 5.51. The van der Waals surface area contributed by atoms with Crippen molar-refractivity contribution in [3.8, 4) is 0 Å². The summed E-state index contributed by atoms with van der Waals surface area (Å²) in [7, 11) is 0. The molecule has 0 amide bonds. The van der Waals surface area contributed by atoms with E-state index >= 15 is 0 Å². The van der Waals surface area contributed by atoms with Crippen LogP contribution in [0, 0.1) is 0 Å². The van der Waals surface area contributed by atoms with Crippen molar-refractivity contribution in [1.82, 2.24) is 10.6 Å². The predicted octanol–water partition coefficient (Wildman–Crippen LogP) is 5.81. The van der Waals surface area contributed by atoms with Gasteiger partial charge >= 0.3 is 0 Å². The van der Waals surface area contributed by atoms with Crippen LogP contribution in [0.15, 0.2) is 74.3 Å². The summed E-state index contributed by atoms with van der Waals surface area (Å²) >= 11 is 14.6. The third-order valence-electron chi connectivity index (χ3n) is 4.39. The molecule has 0 spiro atoms. The molecule has 1 atom stereocenters. The van der Waals surface area contributed by atoms with Crippen LogP contribution in [0.1, 0.15) is 17.2 Å². The van der Waals surface area contributed by atoms with E-state index in [9.17, 15) is 0 Å². The summed E-state index contributed by atoms with van der Waals surface area (Å²) in [5.74, 6) is 1.97. The Hall–Kier alpha value is -1.08. The predicted molar refractivity (Wildman–Crippen MR) is 122 cm³/mol. The van der Waals surface area contributed by atoms with Gasteiger partial charge in [-0.3, -0.25) is 0 Å². The van der Waals surface area contributed by atoms with E-state index in [0.717, 1.165) is 20.5 Å². The van der Waals surface area contributed by atoms with E-state index in [1.807, 2.05) is 23.9 Å². The summed E-state index contributed by atoms with van der Waals surface area (Å²) in [5.41, 5.74) is 6.24. The third kappa shape index (κ3) is 3.93. The SMILES string of the molecule is S=C1NC2=C(CSC/C2=C\c2cccc(Br)c2)C(c2cccc(Br)c2)N1. The van der Waals surface area contributed by atoms with Gasteiger partial charge < -0.3 is 10.6 Å². The minimum atomic E-state index is 0.106. The van der Waals surface area contributed by atoms with Crippen LogP contribution in [-0.2, 0) is 0 Å². The van der Waals surface area contributed by atoms with Crippen molar-refractivity contribution in [2.45, 2.75) is 6.04 Å². The summed E-state index contributed by atoms with van der Waals surface area (Å²) in [4.78, 5) is 0. The molecule has 0 radical (unpaired) electrons. The second-order valence-electron chi connectivity index (χ2n) is 6.20. The molecule has 0 aromatic heterocycles. The van der Waals surface area contributed by atoms with E-state index in [1.54, 1.807) is 0 Å². The first-order chi connectivity index (χ1) is 12.6. The number of hydrogen-bond donors (Lipinski definition) is 2. The zero-order chi connectivity index (χ0) is 18.1. The standard InChI is InChI=1S/C20H16Br2N2S2/c21-15-5-1-3-12(8-15)7-14-10-26-11-17-18(23-20(25)24-19(14)17)13-4-2-6-16(22)9-13/h1-9,18H,10-11H2,(H2,23,24,25)/b14-7+. The van der Waals surface area contributed by atoms with Gasteiger partial charge in [-0.15, -0.1) is 0 Å². The molecule has 1 unspecified atom stereocenters. The molecule has 0 aliphatic carbocycles. The molecular weight excluding hydrogens is 492 g/mol. The zero-order valence-electron chi connectivity index (χ0n) is 13.8. The summed E-state index contributed by atoms with van der Waals surface area (Å²) in [5, 5.41) is 7.54. The normalized spacial score (nSPS) is 21.2. The van der Waals surface area contributed by atoms with E-state index in [0.29, 0.717) is 5.11 Å². The summed E-state index contributed by atoms with van der Waals surface area (Å²) < 4.78 is 2.17. The molecule has 2 aromatic carbocycles. The summed E-state index contributed by atoms with van der Waals surface area (Å²) in [6.45, 7) is 0. The fourth-order valence-electron chi connectivity index (χ4n) is 3.26. The van der Waals surface area contributed by atoms with Crippen LogP contribution in [0.3, 0.4) is 0 Å². The van der Waals surface area contributed by atoms with Gasteiger partial charge in [-0.05, 0) is 64.8 Å². The Bertz CT molecular complexity index is 937. The lowest BCUT2D eigenvalue weighted by molar-refractivity contribution is 0.694. The van der Waals surface area contributed by atoms with Crippen molar-refractivity contribution in [2.24, 2.45) is 0 Å². The largest absolute Gasteiger partial charge is 0.352 e. The number of allylic oxidation sites excluding steroid dienone is 1. The highest BCUT2D eigenvalue weighted by Crippen LogP contribution is 2.38. The van der Waals surface area contributed by atoms with Gasteiger partial charge in [-0.1, -0.05) is 56.1 Å². The second kappa shape index (κ2) is 7.89. The molecule has 2 aromatic rings. The number of nitrogens with one attached hydrogen (secondary N) is 2. The second-order valence-corrected chi connectivity index (χ2v) is 9.43. The first kappa shape index (κ1) is 18.3. The number of benzene rings is 2. The van der Waals surface area contributed by atoms with Gasteiger partial charge in [0.05, 0.1) is 6.04 Å². The highest BCUT2D eigenvalue weighted by Gasteiger charge is 2.30. The van der Waals surface area contributed by atoms with Gasteiger partial charge in [-0.2, -0.15) is 11.8 Å². The molecule has 4 rings (SSSR count). The fourth-order valence-corrected chi connectivity index (χ4v) is 5.39. The minimum absolute atomic E-state index is 0.106. The quantitative estimate of drug-likeness (QED) is 0.500. The number of thioether (sulfide) groups is 1. The lowest BCUT2D eigenvalue weighted by Crippen LogP contribution is -2.45. The molecule has 2 aliphatic heterocycles. The molecule has 2 nitrogen and oxygen atoms in total. The highest BCUT2D eigenvalue weighted by molar-refractivity contribution is 9.10. The van der Waals surface area contributed by atoms with Crippen LogP contribution in [0.5, 0.6) is 0 Å². The Morgan fingerprint density at radius 1 is 1.04 bits per heavy atom. The van der Waals surface area contributed by atoms with Gasteiger partial charge in [0, 0.05) is 26.1 Å². The van der Waals surface area contributed by atoms with Gasteiger partial charge in [0.25, 0.3) is 0 Å². The topological polar surface area (TPSA) is 24.1 Å². The number of hydrogen-bond acceptors (Lipinski definition) is 2. The molecule has 0 fully saturated rings. The molecule has 132 valence electrons. The summed E-state index contributed by atoms with van der Waals surface area (Å²) in [6.07, 6.45) is 2.26. The van der Waals surface area contributed by atoms with Gasteiger partial charge in [0.15, 0.2) is 5.11 Å². The Morgan fingerprint density at radius 2 is 1.81 bits per heavy atom. The van der Waals surface area contributed by atoms with Gasteiger partial charge in [0.1, 0.15) is 0 Å². The van der Waals surface area contributed by atoms with Crippen LogP contribution < -0.4 is 10.6 Å². The first-order valence-electron chi connectivity index (χ1n) is 8.20. The molecular formula is C20H16Br2N2S2. The fraction of sp³-hybridized carbons (Fsp3) is 0.150. The van der Waals surface area contributed by atoms with Crippen LogP contribution >= 0.6 is 55.8 Å². The maximum absolute atomic E-state index is 5.51. The van der Waals surface area contributed by atoms with Gasteiger partial charge in [0.2, 0.25) is 0 Å². The lowest BCUT2D eigenvalue weighted by Gasteiger charge is -2.35. The Balaban J connectivity index is 1.78. The van der Waals surface area contributed by atoms with Crippen molar-refractivity contribution in [3.05, 3.63) is 85.4 Å².